The SMILES string of the molecule is CCCCn1cc(C)nc1N1CCC(CNCC)CC1. The molecule has 0 unspecified atom stereocenters. The zero-order chi connectivity index (χ0) is 14.4. The maximum atomic E-state index is 4.75. The van der Waals surface area contributed by atoms with Gasteiger partial charge >= 0.3 is 0 Å². The Labute approximate surface area is 123 Å². The van der Waals surface area contributed by atoms with Crippen LogP contribution in [0.5, 0.6) is 0 Å². The molecule has 1 saturated heterocycles. The lowest BCUT2D eigenvalue weighted by Crippen LogP contribution is -2.38. The highest BCUT2D eigenvalue weighted by molar-refractivity contribution is 5.34. The van der Waals surface area contributed by atoms with Crippen LogP contribution in [0, 0.1) is 12.8 Å². The smallest absolute Gasteiger partial charge is 0.205 e. The fourth-order valence-corrected chi connectivity index (χ4v) is 2.97. The van der Waals surface area contributed by atoms with E-state index in [0.717, 1.165) is 37.8 Å². The molecule has 0 bridgehead atoms. The van der Waals surface area contributed by atoms with Crippen LogP contribution in [0.3, 0.4) is 0 Å². The number of hydrogen-bond donors (Lipinski definition) is 1. The van der Waals surface area contributed by atoms with Gasteiger partial charge in [-0.05, 0) is 45.2 Å². The Morgan fingerprint density at radius 3 is 2.70 bits per heavy atom. The van der Waals surface area contributed by atoms with E-state index in [0.29, 0.717) is 0 Å². The molecule has 20 heavy (non-hydrogen) atoms. The van der Waals surface area contributed by atoms with E-state index in [1.54, 1.807) is 0 Å². The highest BCUT2D eigenvalue weighted by Crippen LogP contribution is 2.23. The van der Waals surface area contributed by atoms with Gasteiger partial charge in [0.05, 0.1) is 5.69 Å². The van der Waals surface area contributed by atoms with Crippen molar-refractivity contribution in [2.45, 2.75) is 53.0 Å². The lowest BCUT2D eigenvalue weighted by molar-refractivity contribution is 0.381. The van der Waals surface area contributed by atoms with Crippen molar-refractivity contribution >= 4 is 5.95 Å². The summed E-state index contributed by atoms with van der Waals surface area (Å²) < 4.78 is 2.35. The quantitative estimate of drug-likeness (QED) is 0.832. The second kappa shape index (κ2) is 7.67. The van der Waals surface area contributed by atoms with Crippen molar-refractivity contribution in [2.75, 3.05) is 31.1 Å². The van der Waals surface area contributed by atoms with E-state index in [1.807, 2.05) is 0 Å². The normalized spacial score (nSPS) is 16.9. The monoisotopic (exact) mass is 278 g/mol. The van der Waals surface area contributed by atoms with Gasteiger partial charge in [-0.1, -0.05) is 20.3 Å². The minimum atomic E-state index is 0.839. The maximum Gasteiger partial charge on any atom is 0.205 e. The number of aromatic nitrogens is 2. The molecular weight excluding hydrogens is 248 g/mol. The number of piperidine rings is 1. The van der Waals surface area contributed by atoms with Gasteiger partial charge in [0.15, 0.2) is 0 Å². The Morgan fingerprint density at radius 2 is 2.05 bits per heavy atom. The summed E-state index contributed by atoms with van der Waals surface area (Å²) in [5, 5.41) is 3.48. The van der Waals surface area contributed by atoms with E-state index in [-0.39, 0.29) is 0 Å². The molecule has 1 aromatic heterocycles. The second-order valence-electron chi connectivity index (χ2n) is 5.97. The van der Waals surface area contributed by atoms with Crippen molar-refractivity contribution in [1.29, 1.82) is 0 Å². The maximum absolute atomic E-state index is 4.75. The Bertz CT molecular complexity index is 391. The Kier molecular flexibility index (Phi) is 5.89. The molecule has 1 fully saturated rings. The van der Waals surface area contributed by atoms with Gasteiger partial charge in [0.2, 0.25) is 5.95 Å². The third kappa shape index (κ3) is 3.98. The van der Waals surface area contributed by atoms with Gasteiger partial charge in [-0.25, -0.2) is 4.98 Å². The molecule has 0 aliphatic carbocycles. The topological polar surface area (TPSA) is 33.1 Å². The molecule has 1 N–H and O–H groups in total. The Morgan fingerprint density at radius 1 is 1.30 bits per heavy atom. The first kappa shape index (κ1) is 15.4. The van der Waals surface area contributed by atoms with Crippen LogP contribution < -0.4 is 10.2 Å². The molecule has 1 aliphatic heterocycles. The number of aryl methyl sites for hydroxylation is 2. The fourth-order valence-electron chi connectivity index (χ4n) is 2.97. The van der Waals surface area contributed by atoms with E-state index in [1.165, 1.54) is 38.2 Å². The summed E-state index contributed by atoms with van der Waals surface area (Å²) in [6, 6.07) is 0. The van der Waals surface area contributed by atoms with Crippen LogP contribution >= 0.6 is 0 Å². The van der Waals surface area contributed by atoms with Crippen molar-refractivity contribution in [3.05, 3.63) is 11.9 Å². The van der Waals surface area contributed by atoms with Gasteiger partial charge in [0, 0.05) is 25.8 Å². The van der Waals surface area contributed by atoms with E-state index in [4.69, 9.17) is 4.98 Å². The molecule has 2 rings (SSSR count). The predicted octanol–water partition coefficient (Wildman–Crippen LogP) is 2.82. The summed E-state index contributed by atoms with van der Waals surface area (Å²) in [4.78, 5) is 7.22. The lowest BCUT2D eigenvalue weighted by atomic mass is 9.97. The van der Waals surface area contributed by atoms with Gasteiger partial charge in [0.25, 0.3) is 0 Å². The minimum absolute atomic E-state index is 0.839. The number of hydrogen-bond acceptors (Lipinski definition) is 3. The predicted molar refractivity (Wildman–Crippen MR) is 85.4 cm³/mol. The van der Waals surface area contributed by atoms with Gasteiger partial charge in [-0.3, -0.25) is 0 Å². The number of unbranched alkanes of at least 4 members (excludes halogenated alkanes) is 1. The third-order valence-electron chi connectivity index (χ3n) is 4.21. The largest absolute Gasteiger partial charge is 0.342 e. The fraction of sp³-hybridized carbons (Fsp3) is 0.812. The molecule has 0 aromatic carbocycles. The molecule has 4 nitrogen and oxygen atoms in total. The molecule has 0 atom stereocenters. The lowest BCUT2D eigenvalue weighted by Gasteiger charge is -2.33. The zero-order valence-electron chi connectivity index (χ0n) is 13.4. The van der Waals surface area contributed by atoms with Crippen LogP contribution in [0.4, 0.5) is 5.95 Å². The Balaban J connectivity index is 1.92. The van der Waals surface area contributed by atoms with Crippen LogP contribution in [0.15, 0.2) is 6.20 Å². The molecule has 4 heteroatoms. The third-order valence-corrected chi connectivity index (χ3v) is 4.21. The molecule has 1 aliphatic rings. The van der Waals surface area contributed by atoms with Gasteiger partial charge < -0.3 is 14.8 Å². The summed E-state index contributed by atoms with van der Waals surface area (Å²) in [7, 11) is 0. The van der Waals surface area contributed by atoms with Crippen LogP contribution in [0.2, 0.25) is 0 Å². The first-order chi connectivity index (χ1) is 9.74. The molecule has 0 radical (unpaired) electrons. The molecule has 1 aromatic rings. The standard InChI is InChI=1S/C16H30N4/c1-4-6-9-20-13-14(3)18-16(20)19-10-7-15(8-11-19)12-17-5-2/h13,15,17H,4-12H2,1-3H3. The van der Waals surface area contributed by atoms with E-state index < -0.39 is 0 Å². The number of nitrogens with one attached hydrogen (secondary N) is 1. The van der Waals surface area contributed by atoms with E-state index in [9.17, 15) is 0 Å². The van der Waals surface area contributed by atoms with Crippen LogP contribution in [-0.2, 0) is 6.54 Å². The molecule has 0 amide bonds. The highest BCUT2D eigenvalue weighted by Gasteiger charge is 2.22. The zero-order valence-corrected chi connectivity index (χ0v) is 13.4. The van der Waals surface area contributed by atoms with E-state index in [2.05, 4.69) is 41.8 Å². The molecular formula is C16H30N4. The number of imidazole rings is 1. The van der Waals surface area contributed by atoms with Gasteiger partial charge in [-0.2, -0.15) is 0 Å². The van der Waals surface area contributed by atoms with Crippen LogP contribution in [-0.4, -0.2) is 35.7 Å². The van der Waals surface area contributed by atoms with Crippen molar-refractivity contribution in [2.24, 2.45) is 5.92 Å². The van der Waals surface area contributed by atoms with Crippen LogP contribution in [0.1, 0.15) is 45.2 Å². The number of anilines is 1. The molecule has 2 heterocycles. The summed E-state index contributed by atoms with van der Waals surface area (Å²) in [6.07, 6.45) is 7.25. The average molecular weight is 278 g/mol. The average Bonchev–Trinajstić information content (AvgIpc) is 2.84. The van der Waals surface area contributed by atoms with Crippen molar-refractivity contribution < 1.29 is 0 Å². The molecule has 0 spiro atoms. The van der Waals surface area contributed by atoms with Gasteiger partial charge in [-0.15, -0.1) is 0 Å². The van der Waals surface area contributed by atoms with Gasteiger partial charge in [0.1, 0.15) is 0 Å². The van der Waals surface area contributed by atoms with Crippen LogP contribution in [0.25, 0.3) is 0 Å². The number of nitrogens with zero attached hydrogens (tertiary/aromatic N) is 3. The number of rotatable bonds is 7. The summed E-state index contributed by atoms with van der Waals surface area (Å²) >= 11 is 0. The molecule has 0 saturated carbocycles. The minimum Gasteiger partial charge on any atom is -0.342 e. The van der Waals surface area contributed by atoms with Crippen molar-refractivity contribution in [3.63, 3.8) is 0 Å². The first-order valence-corrected chi connectivity index (χ1v) is 8.24. The van der Waals surface area contributed by atoms with Crippen molar-refractivity contribution in [3.8, 4) is 0 Å². The Hall–Kier alpha value is -1.03. The first-order valence-electron chi connectivity index (χ1n) is 8.24. The van der Waals surface area contributed by atoms with Crippen molar-refractivity contribution in [1.82, 2.24) is 14.9 Å². The van der Waals surface area contributed by atoms with E-state index >= 15 is 0 Å². The molecule has 114 valence electrons. The summed E-state index contributed by atoms with van der Waals surface area (Å²) in [5.41, 5.74) is 1.14. The highest BCUT2D eigenvalue weighted by atomic mass is 15.3. The second-order valence-corrected chi connectivity index (χ2v) is 5.97. The summed E-state index contributed by atoms with van der Waals surface area (Å²) in [5.74, 6) is 2.03. The summed E-state index contributed by atoms with van der Waals surface area (Å²) in [6.45, 7) is 12.2.